The van der Waals surface area contributed by atoms with E-state index in [4.69, 9.17) is 11.6 Å². The summed E-state index contributed by atoms with van der Waals surface area (Å²) in [7, 11) is 3.18. The topological polar surface area (TPSA) is 56.1 Å². The fourth-order valence-electron chi connectivity index (χ4n) is 1.38. The van der Waals surface area contributed by atoms with E-state index in [2.05, 4.69) is 15.2 Å². The number of halogens is 1. The molecule has 1 N–H and O–H groups in total. The van der Waals surface area contributed by atoms with Gasteiger partial charge in [0.25, 0.3) is 0 Å². The molecule has 0 aliphatic rings. The van der Waals surface area contributed by atoms with Crippen LogP contribution in [0.25, 0.3) is 0 Å². The first kappa shape index (κ1) is 13.0. The monoisotopic (exact) mass is 245 g/mol. The van der Waals surface area contributed by atoms with E-state index in [0.717, 1.165) is 11.3 Å². The van der Waals surface area contributed by atoms with Gasteiger partial charge in [-0.15, -0.1) is 0 Å². The molecule has 1 aromatic rings. The second kappa shape index (κ2) is 5.86. The van der Waals surface area contributed by atoms with Crippen LogP contribution in [0.1, 0.15) is 17.7 Å². The summed E-state index contributed by atoms with van der Waals surface area (Å²) < 4.78 is 6.17. The van der Waals surface area contributed by atoms with E-state index < -0.39 is 0 Å². The van der Waals surface area contributed by atoms with Gasteiger partial charge in [-0.25, -0.2) is 0 Å². The third-order valence-electron chi connectivity index (χ3n) is 2.31. The minimum absolute atomic E-state index is 0.221. The van der Waals surface area contributed by atoms with Crippen molar-refractivity contribution in [1.82, 2.24) is 15.1 Å². The number of rotatable bonds is 5. The summed E-state index contributed by atoms with van der Waals surface area (Å²) in [5, 5.41) is 7.94. The molecule has 0 fully saturated rings. The predicted molar refractivity (Wildman–Crippen MR) is 61.3 cm³/mol. The van der Waals surface area contributed by atoms with Crippen LogP contribution in [-0.4, -0.2) is 29.4 Å². The quantitative estimate of drug-likeness (QED) is 0.622. The van der Waals surface area contributed by atoms with Crippen molar-refractivity contribution in [3.63, 3.8) is 0 Å². The van der Waals surface area contributed by atoms with Crippen molar-refractivity contribution in [3.05, 3.63) is 16.4 Å². The third-order valence-corrected chi connectivity index (χ3v) is 2.78. The smallest absolute Gasteiger partial charge is 0.306 e. The fourth-order valence-corrected chi connectivity index (χ4v) is 1.62. The number of methoxy groups -OCH3 is 1. The highest BCUT2D eigenvalue weighted by Gasteiger charge is 2.10. The van der Waals surface area contributed by atoms with Crippen molar-refractivity contribution < 1.29 is 9.53 Å². The summed E-state index contributed by atoms with van der Waals surface area (Å²) in [5.41, 5.74) is 1.87. The zero-order valence-corrected chi connectivity index (χ0v) is 10.5. The molecular formula is C10H16ClN3O2. The number of hydrogen-bond donors (Lipinski definition) is 1. The maximum Gasteiger partial charge on any atom is 0.306 e. The van der Waals surface area contributed by atoms with Gasteiger partial charge in [0.15, 0.2) is 0 Å². The van der Waals surface area contributed by atoms with E-state index >= 15 is 0 Å². The molecule has 0 saturated carbocycles. The summed E-state index contributed by atoms with van der Waals surface area (Å²) in [6.07, 6.45) is 0.355. The molecule has 6 heteroatoms. The lowest BCUT2D eigenvalue weighted by Gasteiger charge is -2.03. The predicted octanol–water partition coefficient (Wildman–Crippen LogP) is 1.03. The van der Waals surface area contributed by atoms with E-state index in [1.54, 1.807) is 11.7 Å². The molecule has 0 saturated heterocycles. The molecule has 16 heavy (non-hydrogen) atoms. The number of carbonyl (C=O) groups excluding carboxylic acids is 1. The molecule has 90 valence electrons. The summed E-state index contributed by atoms with van der Waals surface area (Å²) in [6, 6.07) is 0. The number of hydrogen-bond acceptors (Lipinski definition) is 4. The molecule has 0 bridgehead atoms. The van der Waals surface area contributed by atoms with Crippen molar-refractivity contribution in [2.45, 2.75) is 19.9 Å². The van der Waals surface area contributed by atoms with Gasteiger partial charge in [0, 0.05) is 25.7 Å². The number of nitrogens with one attached hydrogen (secondary N) is 1. The van der Waals surface area contributed by atoms with Gasteiger partial charge in [-0.2, -0.15) is 5.10 Å². The Bertz CT molecular complexity index is 376. The zero-order valence-electron chi connectivity index (χ0n) is 9.71. The van der Waals surface area contributed by atoms with Gasteiger partial charge in [-0.1, -0.05) is 11.6 Å². The maximum atomic E-state index is 10.9. The Morgan fingerprint density at radius 3 is 2.81 bits per heavy atom. The van der Waals surface area contributed by atoms with Crippen LogP contribution < -0.4 is 5.32 Å². The summed E-state index contributed by atoms with van der Waals surface area (Å²) >= 11 is 6.05. The molecule has 1 heterocycles. The average molecular weight is 246 g/mol. The Morgan fingerprint density at radius 1 is 1.62 bits per heavy atom. The highest BCUT2D eigenvalue weighted by molar-refractivity contribution is 6.30. The summed E-state index contributed by atoms with van der Waals surface area (Å²) in [4.78, 5) is 10.9. The first-order valence-electron chi connectivity index (χ1n) is 5.01. The Kier molecular flexibility index (Phi) is 4.76. The van der Waals surface area contributed by atoms with E-state index in [-0.39, 0.29) is 5.97 Å². The van der Waals surface area contributed by atoms with Crippen molar-refractivity contribution in [2.24, 2.45) is 7.05 Å². The van der Waals surface area contributed by atoms with Gasteiger partial charge in [0.1, 0.15) is 5.15 Å². The number of ether oxygens (including phenoxy) is 1. The average Bonchev–Trinajstić information content (AvgIpc) is 2.49. The van der Waals surface area contributed by atoms with Crippen LogP contribution in [-0.2, 0) is 23.1 Å². The molecule has 0 atom stereocenters. The van der Waals surface area contributed by atoms with E-state index in [0.29, 0.717) is 24.7 Å². The van der Waals surface area contributed by atoms with Crippen LogP contribution in [0.4, 0.5) is 0 Å². The van der Waals surface area contributed by atoms with Crippen LogP contribution in [0.2, 0.25) is 5.15 Å². The molecule has 0 unspecified atom stereocenters. The highest BCUT2D eigenvalue weighted by atomic mass is 35.5. The van der Waals surface area contributed by atoms with Gasteiger partial charge >= 0.3 is 5.97 Å². The molecule has 0 radical (unpaired) electrons. The van der Waals surface area contributed by atoms with E-state index in [9.17, 15) is 4.79 Å². The number of aromatic nitrogens is 2. The van der Waals surface area contributed by atoms with Crippen molar-refractivity contribution >= 4 is 17.6 Å². The molecule has 0 spiro atoms. The van der Waals surface area contributed by atoms with Crippen molar-refractivity contribution in [1.29, 1.82) is 0 Å². The Balaban J connectivity index is 2.40. The summed E-state index contributed by atoms with van der Waals surface area (Å²) in [6.45, 7) is 3.08. The Morgan fingerprint density at radius 2 is 2.31 bits per heavy atom. The lowest BCUT2D eigenvalue weighted by Crippen LogP contribution is -2.18. The van der Waals surface area contributed by atoms with Gasteiger partial charge in [-0.3, -0.25) is 9.48 Å². The Labute approximate surface area is 99.7 Å². The van der Waals surface area contributed by atoms with Gasteiger partial charge in [0.2, 0.25) is 0 Å². The van der Waals surface area contributed by atoms with Crippen LogP contribution >= 0.6 is 11.6 Å². The Hall–Kier alpha value is -1.07. The van der Waals surface area contributed by atoms with Gasteiger partial charge in [-0.05, 0) is 6.92 Å². The third kappa shape index (κ3) is 3.21. The largest absolute Gasteiger partial charge is 0.469 e. The second-order valence-corrected chi connectivity index (χ2v) is 3.84. The van der Waals surface area contributed by atoms with Crippen molar-refractivity contribution in [3.8, 4) is 0 Å². The molecule has 1 rings (SSSR count). The minimum atomic E-state index is -0.221. The maximum absolute atomic E-state index is 10.9. The minimum Gasteiger partial charge on any atom is -0.469 e. The van der Waals surface area contributed by atoms with Gasteiger partial charge < -0.3 is 10.1 Å². The highest BCUT2D eigenvalue weighted by Crippen LogP contribution is 2.17. The van der Waals surface area contributed by atoms with Crippen LogP contribution in [0, 0.1) is 6.92 Å². The SMILES string of the molecule is COC(=O)CCNCc1c(C)nn(C)c1Cl. The number of carbonyl (C=O) groups is 1. The molecule has 0 aliphatic carbocycles. The number of aryl methyl sites for hydroxylation is 2. The molecule has 0 aromatic carbocycles. The van der Waals surface area contributed by atoms with Gasteiger partial charge in [0.05, 0.1) is 19.2 Å². The molecule has 5 nitrogen and oxygen atoms in total. The number of nitrogens with zero attached hydrogens (tertiary/aromatic N) is 2. The van der Waals surface area contributed by atoms with Crippen molar-refractivity contribution in [2.75, 3.05) is 13.7 Å². The number of esters is 1. The molecule has 0 aliphatic heterocycles. The first-order valence-corrected chi connectivity index (χ1v) is 5.39. The van der Waals surface area contributed by atoms with Crippen LogP contribution in [0.15, 0.2) is 0 Å². The van der Waals surface area contributed by atoms with E-state index in [1.807, 2.05) is 6.92 Å². The molecule has 0 amide bonds. The standard InChI is InChI=1S/C10H16ClN3O2/c1-7-8(10(11)14(2)13-7)6-12-5-4-9(15)16-3/h12H,4-6H2,1-3H3. The zero-order chi connectivity index (χ0) is 12.1. The van der Waals surface area contributed by atoms with Crippen LogP contribution in [0.3, 0.4) is 0 Å². The fraction of sp³-hybridized carbons (Fsp3) is 0.600. The second-order valence-electron chi connectivity index (χ2n) is 3.48. The molecular weight excluding hydrogens is 230 g/mol. The van der Waals surface area contributed by atoms with E-state index in [1.165, 1.54) is 7.11 Å². The lowest BCUT2D eigenvalue weighted by atomic mass is 10.2. The summed E-state index contributed by atoms with van der Waals surface area (Å²) in [5.74, 6) is -0.221. The van der Waals surface area contributed by atoms with Crippen LogP contribution in [0.5, 0.6) is 0 Å². The normalized spacial score (nSPS) is 10.5. The lowest BCUT2D eigenvalue weighted by molar-refractivity contribution is -0.140. The first-order chi connectivity index (χ1) is 7.56. The molecule has 1 aromatic heterocycles.